The second kappa shape index (κ2) is 6.55. The number of hydrogen-bond acceptors (Lipinski definition) is 3. The van der Waals surface area contributed by atoms with Crippen molar-refractivity contribution in [3.05, 3.63) is 0 Å². The molecule has 0 bridgehead atoms. The molecule has 0 unspecified atom stereocenters. The van der Waals surface area contributed by atoms with Crippen molar-refractivity contribution in [2.24, 2.45) is 5.41 Å². The molecule has 1 aliphatic carbocycles. The fourth-order valence-electron chi connectivity index (χ4n) is 3.24. The van der Waals surface area contributed by atoms with Gasteiger partial charge in [0.15, 0.2) is 0 Å². The summed E-state index contributed by atoms with van der Waals surface area (Å²) in [6.45, 7) is 4.03. The molecule has 0 atom stereocenters. The number of carbonyl (C=O) groups excluding carboxylic acids is 1. The highest BCUT2D eigenvalue weighted by atomic mass is 16.5. The molecule has 2 rings (SSSR count). The molecule has 18 heavy (non-hydrogen) atoms. The van der Waals surface area contributed by atoms with Crippen LogP contribution >= 0.6 is 0 Å². The predicted molar refractivity (Wildman–Crippen MR) is 72.4 cm³/mol. The van der Waals surface area contributed by atoms with Crippen molar-refractivity contribution in [1.29, 1.82) is 0 Å². The third-order valence-electron chi connectivity index (χ3n) is 4.75. The largest absolute Gasteiger partial charge is 0.462 e. The maximum Gasteiger partial charge on any atom is 0.312 e. The van der Waals surface area contributed by atoms with E-state index < -0.39 is 0 Å². The number of piperidine rings is 1. The standard InChI is InChI=1S/C15H27NO2/c1-2-15(9-11-16-12-10-15)14(17)18-13-7-5-3-4-6-8-13/h13,16H,2-12H2,1H3. The van der Waals surface area contributed by atoms with E-state index in [1.165, 1.54) is 25.7 Å². The van der Waals surface area contributed by atoms with Gasteiger partial charge in [-0.2, -0.15) is 0 Å². The van der Waals surface area contributed by atoms with Crippen LogP contribution in [0.25, 0.3) is 0 Å². The number of carbonyl (C=O) groups is 1. The summed E-state index contributed by atoms with van der Waals surface area (Å²) in [5, 5.41) is 3.33. The van der Waals surface area contributed by atoms with Crippen LogP contribution in [0.15, 0.2) is 0 Å². The topological polar surface area (TPSA) is 38.3 Å². The van der Waals surface area contributed by atoms with Gasteiger partial charge in [-0.05, 0) is 58.0 Å². The van der Waals surface area contributed by atoms with Crippen molar-refractivity contribution in [3.8, 4) is 0 Å². The van der Waals surface area contributed by atoms with E-state index in [1.807, 2.05) is 0 Å². The van der Waals surface area contributed by atoms with Crippen LogP contribution in [0, 0.1) is 5.41 Å². The predicted octanol–water partition coefficient (Wildman–Crippen LogP) is 3.03. The molecule has 2 fully saturated rings. The van der Waals surface area contributed by atoms with Crippen LogP contribution in [0.3, 0.4) is 0 Å². The Bertz CT molecular complexity index is 264. The second-order valence-electron chi connectivity index (χ2n) is 5.90. The van der Waals surface area contributed by atoms with Crippen molar-refractivity contribution in [2.75, 3.05) is 13.1 Å². The van der Waals surface area contributed by atoms with Crippen LogP contribution in [0.4, 0.5) is 0 Å². The van der Waals surface area contributed by atoms with E-state index in [4.69, 9.17) is 4.74 Å². The molecule has 3 heteroatoms. The number of hydrogen-bond donors (Lipinski definition) is 1. The number of ether oxygens (including phenoxy) is 1. The summed E-state index contributed by atoms with van der Waals surface area (Å²) < 4.78 is 5.84. The molecular weight excluding hydrogens is 226 g/mol. The molecule has 1 aliphatic heterocycles. The number of nitrogens with one attached hydrogen (secondary N) is 1. The highest BCUT2D eigenvalue weighted by molar-refractivity contribution is 5.77. The molecule has 0 aromatic heterocycles. The van der Waals surface area contributed by atoms with Crippen molar-refractivity contribution in [2.45, 2.75) is 70.8 Å². The van der Waals surface area contributed by atoms with Gasteiger partial charge in [-0.15, -0.1) is 0 Å². The molecule has 1 saturated heterocycles. The monoisotopic (exact) mass is 253 g/mol. The Labute approximate surface area is 111 Å². The minimum atomic E-state index is -0.197. The lowest BCUT2D eigenvalue weighted by Gasteiger charge is -2.35. The van der Waals surface area contributed by atoms with Gasteiger partial charge in [0.05, 0.1) is 5.41 Å². The molecule has 0 radical (unpaired) electrons. The van der Waals surface area contributed by atoms with Gasteiger partial charge in [-0.1, -0.05) is 19.8 Å². The third-order valence-corrected chi connectivity index (χ3v) is 4.75. The molecule has 2 aliphatic rings. The van der Waals surface area contributed by atoms with Crippen LogP contribution in [0.2, 0.25) is 0 Å². The molecule has 0 amide bonds. The summed E-state index contributed by atoms with van der Waals surface area (Å²) in [6, 6.07) is 0. The van der Waals surface area contributed by atoms with Crippen LogP contribution in [-0.2, 0) is 9.53 Å². The first kappa shape index (κ1) is 13.9. The van der Waals surface area contributed by atoms with Gasteiger partial charge >= 0.3 is 5.97 Å². The molecule has 0 spiro atoms. The maximum absolute atomic E-state index is 12.5. The first-order chi connectivity index (χ1) is 8.77. The Morgan fingerprint density at radius 3 is 2.33 bits per heavy atom. The van der Waals surface area contributed by atoms with E-state index in [2.05, 4.69) is 12.2 Å². The number of esters is 1. The minimum Gasteiger partial charge on any atom is -0.462 e. The fourth-order valence-corrected chi connectivity index (χ4v) is 3.24. The normalized spacial score (nSPS) is 25.4. The summed E-state index contributed by atoms with van der Waals surface area (Å²) in [4.78, 5) is 12.5. The number of rotatable bonds is 3. The van der Waals surface area contributed by atoms with Gasteiger partial charge in [0, 0.05) is 0 Å². The van der Waals surface area contributed by atoms with Crippen molar-refractivity contribution in [1.82, 2.24) is 5.32 Å². The summed E-state index contributed by atoms with van der Waals surface area (Å²) in [7, 11) is 0. The van der Waals surface area contributed by atoms with E-state index in [1.54, 1.807) is 0 Å². The molecule has 1 heterocycles. The Morgan fingerprint density at radius 2 is 1.78 bits per heavy atom. The first-order valence-electron chi connectivity index (χ1n) is 7.69. The van der Waals surface area contributed by atoms with E-state index in [9.17, 15) is 4.79 Å². The quantitative estimate of drug-likeness (QED) is 0.620. The lowest BCUT2D eigenvalue weighted by atomic mass is 9.76. The van der Waals surface area contributed by atoms with Gasteiger partial charge < -0.3 is 10.1 Å². The lowest BCUT2D eigenvalue weighted by Crippen LogP contribution is -2.43. The summed E-state index contributed by atoms with van der Waals surface area (Å²) in [5.41, 5.74) is -0.197. The second-order valence-corrected chi connectivity index (χ2v) is 5.90. The van der Waals surface area contributed by atoms with Crippen LogP contribution in [-0.4, -0.2) is 25.2 Å². The van der Waals surface area contributed by atoms with Gasteiger partial charge in [-0.25, -0.2) is 0 Å². The zero-order valence-electron chi connectivity index (χ0n) is 11.7. The Balaban J connectivity index is 1.91. The Kier molecular flexibility index (Phi) is 5.04. The summed E-state index contributed by atoms with van der Waals surface area (Å²) in [6.07, 6.45) is 10.2. The smallest absolute Gasteiger partial charge is 0.312 e. The molecule has 3 nitrogen and oxygen atoms in total. The zero-order chi connectivity index (χ0) is 12.8. The van der Waals surface area contributed by atoms with Gasteiger partial charge in [0.2, 0.25) is 0 Å². The average molecular weight is 253 g/mol. The zero-order valence-corrected chi connectivity index (χ0v) is 11.7. The van der Waals surface area contributed by atoms with Crippen LogP contribution < -0.4 is 5.32 Å². The highest BCUT2D eigenvalue weighted by Gasteiger charge is 2.40. The minimum absolute atomic E-state index is 0.0819. The average Bonchev–Trinajstić information content (AvgIpc) is 2.68. The Morgan fingerprint density at radius 1 is 1.17 bits per heavy atom. The molecule has 0 aromatic carbocycles. The van der Waals surface area contributed by atoms with E-state index in [-0.39, 0.29) is 17.5 Å². The third kappa shape index (κ3) is 3.25. The van der Waals surface area contributed by atoms with E-state index in [0.717, 1.165) is 45.2 Å². The molecule has 0 aromatic rings. The van der Waals surface area contributed by atoms with Gasteiger partial charge in [0.25, 0.3) is 0 Å². The fraction of sp³-hybridized carbons (Fsp3) is 0.933. The summed E-state index contributed by atoms with van der Waals surface area (Å²) >= 11 is 0. The van der Waals surface area contributed by atoms with Gasteiger partial charge in [0.1, 0.15) is 6.10 Å². The van der Waals surface area contributed by atoms with Crippen molar-refractivity contribution < 1.29 is 9.53 Å². The molecule has 1 N–H and O–H groups in total. The van der Waals surface area contributed by atoms with E-state index in [0.29, 0.717) is 0 Å². The van der Waals surface area contributed by atoms with Crippen molar-refractivity contribution in [3.63, 3.8) is 0 Å². The molecular formula is C15H27NO2. The first-order valence-corrected chi connectivity index (χ1v) is 7.69. The van der Waals surface area contributed by atoms with Crippen molar-refractivity contribution >= 4 is 5.97 Å². The molecule has 104 valence electrons. The Hall–Kier alpha value is -0.570. The van der Waals surface area contributed by atoms with Crippen LogP contribution in [0.1, 0.15) is 64.7 Å². The molecule has 1 saturated carbocycles. The lowest BCUT2D eigenvalue weighted by molar-refractivity contribution is -0.164. The van der Waals surface area contributed by atoms with E-state index >= 15 is 0 Å². The van der Waals surface area contributed by atoms with Crippen LogP contribution in [0.5, 0.6) is 0 Å². The SMILES string of the molecule is CCC1(C(=O)OC2CCCCCC2)CCNCC1. The summed E-state index contributed by atoms with van der Waals surface area (Å²) in [5.74, 6) is 0.0819. The van der Waals surface area contributed by atoms with Gasteiger partial charge in [-0.3, -0.25) is 4.79 Å². The maximum atomic E-state index is 12.5. The highest BCUT2D eigenvalue weighted by Crippen LogP contribution is 2.35.